The van der Waals surface area contributed by atoms with Crippen molar-refractivity contribution in [2.45, 2.75) is 70.7 Å². The van der Waals surface area contributed by atoms with Crippen LogP contribution in [0.1, 0.15) is 44.2 Å². The molecule has 3 fully saturated rings. The molecular weight excluding hydrogens is 494 g/mol. The fourth-order valence-corrected chi connectivity index (χ4v) is 7.00. The Bertz CT molecular complexity index is 1150. The number of likely N-dealkylation sites (N-methyl/N-ethyl adjacent to an activating group) is 1. The van der Waals surface area contributed by atoms with E-state index < -0.39 is 35.6 Å². The van der Waals surface area contributed by atoms with Gasteiger partial charge in [0.2, 0.25) is 11.8 Å². The third-order valence-corrected chi connectivity index (χ3v) is 8.62. The SMILES string of the molecule is C=CCN(C)C(=O)[C@@H]1[C@@H]2CCC3(O2)C(C(=O)N(CC=C)c2cc(C)ccc2C)N([C@@H](CO)CC(C)C)C(=O)[C@H]13. The van der Waals surface area contributed by atoms with Gasteiger partial charge in [0.1, 0.15) is 11.6 Å². The first-order chi connectivity index (χ1) is 18.5. The van der Waals surface area contributed by atoms with Crippen LogP contribution in [0.3, 0.4) is 0 Å². The third-order valence-electron chi connectivity index (χ3n) is 8.62. The van der Waals surface area contributed by atoms with Gasteiger partial charge in [-0.3, -0.25) is 14.4 Å². The topological polar surface area (TPSA) is 90.4 Å². The number of carbonyl (C=O) groups is 3. The van der Waals surface area contributed by atoms with Gasteiger partial charge in [-0.25, -0.2) is 0 Å². The molecule has 8 heteroatoms. The summed E-state index contributed by atoms with van der Waals surface area (Å²) in [5, 5.41) is 10.5. The van der Waals surface area contributed by atoms with Gasteiger partial charge in [0.15, 0.2) is 0 Å². The zero-order valence-electron chi connectivity index (χ0n) is 23.9. The predicted octanol–water partition coefficient (Wildman–Crippen LogP) is 3.25. The van der Waals surface area contributed by atoms with E-state index in [4.69, 9.17) is 4.74 Å². The minimum absolute atomic E-state index is 0.172. The molecule has 6 atom stereocenters. The average Bonchev–Trinajstić information content (AvgIpc) is 3.54. The highest BCUT2D eigenvalue weighted by Crippen LogP contribution is 2.59. The number of carbonyl (C=O) groups excluding carboxylic acids is 3. The van der Waals surface area contributed by atoms with E-state index in [1.807, 2.05) is 45.9 Å². The predicted molar refractivity (Wildman–Crippen MR) is 151 cm³/mol. The van der Waals surface area contributed by atoms with E-state index in [0.29, 0.717) is 25.8 Å². The van der Waals surface area contributed by atoms with Gasteiger partial charge in [0.05, 0.1) is 30.6 Å². The highest BCUT2D eigenvalue weighted by molar-refractivity contribution is 6.05. The van der Waals surface area contributed by atoms with E-state index in [9.17, 15) is 19.5 Å². The third kappa shape index (κ3) is 4.82. The first kappa shape index (κ1) is 29.0. The minimum Gasteiger partial charge on any atom is -0.394 e. The number of aryl methyl sites for hydroxylation is 2. The summed E-state index contributed by atoms with van der Waals surface area (Å²) >= 11 is 0. The number of nitrogens with zero attached hydrogens (tertiary/aromatic N) is 3. The van der Waals surface area contributed by atoms with Gasteiger partial charge < -0.3 is 24.5 Å². The smallest absolute Gasteiger partial charge is 0.253 e. The number of rotatable bonds is 11. The Kier molecular flexibility index (Phi) is 8.38. The Morgan fingerprint density at radius 3 is 2.51 bits per heavy atom. The molecule has 3 heterocycles. The second-order valence-corrected chi connectivity index (χ2v) is 11.8. The Hall–Kier alpha value is -2.97. The normalized spacial score (nSPS) is 28.0. The Labute approximate surface area is 232 Å². The number of fused-ring (bicyclic) bond motifs is 1. The molecule has 3 amide bonds. The van der Waals surface area contributed by atoms with Crippen molar-refractivity contribution in [3.05, 3.63) is 54.6 Å². The van der Waals surface area contributed by atoms with Crippen molar-refractivity contribution in [2.75, 3.05) is 31.6 Å². The molecule has 3 saturated heterocycles. The first-order valence-electron chi connectivity index (χ1n) is 14.0. The van der Waals surface area contributed by atoms with Crippen molar-refractivity contribution in [3.63, 3.8) is 0 Å². The number of aliphatic hydroxyl groups is 1. The number of amides is 3. The maximum atomic E-state index is 14.7. The maximum absolute atomic E-state index is 14.7. The summed E-state index contributed by atoms with van der Waals surface area (Å²) in [6.45, 7) is 15.9. The number of hydrogen-bond donors (Lipinski definition) is 1. The summed E-state index contributed by atoms with van der Waals surface area (Å²) in [6.07, 6.45) is 4.53. The zero-order chi connectivity index (χ0) is 28.6. The average molecular weight is 538 g/mol. The molecule has 3 aliphatic rings. The number of aliphatic hydroxyl groups excluding tert-OH is 1. The van der Waals surface area contributed by atoms with Crippen LogP contribution in [0.15, 0.2) is 43.5 Å². The molecule has 0 aliphatic carbocycles. The van der Waals surface area contributed by atoms with Crippen molar-refractivity contribution < 1.29 is 24.2 Å². The molecule has 8 nitrogen and oxygen atoms in total. The summed E-state index contributed by atoms with van der Waals surface area (Å²) < 4.78 is 6.61. The van der Waals surface area contributed by atoms with Crippen molar-refractivity contribution in [2.24, 2.45) is 17.8 Å². The zero-order valence-corrected chi connectivity index (χ0v) is 23.9. The molecular formula is C31H43N3O5. The number of likely N-dealkylation sites (tertiary alicyclic amines) is 1. The lowest BCUT2D eigenvalue weighted by molar-refractivity contribution is -0.147. The lowest BCUT2D eigenvalue weighted by atomic mass is 9.70. The number of benzene rings is 1. The summed E-state index contributed by atoms with van der Waals surface area (Å²) in [5.74, 6) is -2.00. The largest absolute Gasteiger partial charge is 0.394 e. The summed E-state index contributed by atoms with van der Waals surface area (Å²) in [4.78, 5) is 47.5. The quantitative estimate of drug-likeness (QED) is 0.438. The van der Waals surface area contributed by atoms with Crippen LogP contribution < -0.4 is 4.90 Å². The van der Waals surface area contributed by atoms with Gasteiger partial charge >= 0.3 is 0 Å². The van der Waals surface area contributed by atoms with Crippen molar-refractivity contribution >= 4 is 23.4 Å². The van der Waals surface area contributed by atoms with Gasteiger partial charge in [-0.05, 0) is 56.2 Å². The highest BCUT2D eigenvalue weighted by atomic mass is 16.5. The molecule has 1 aromatic rings. The molecule has 0 aromatic heterocycles. The number of hydrogen-bond acceptors (Lipinski definition) is 5. The van der Waals surface area contributed by atoms with Crippen LogP contribution in [0.4, 0.5) is 5.69 Å². The minimum atomic E-state index is -1.13. The molecule has 39 heavy (non-hydrogen) atoms. The van der Waals surface area contributed by atoms with Gasteiger partial charge in [-0.15, -0.1) is 13.2 Å². The standard InChI is InChI=1S/C31H43N3O5/c1-8-14-32(7)28(36)25-24-12-13-31(39-24)26(25)29(37)34(22(18-35)16-19(3)4)27(31)30(38)33(15-9-2)23-17-20(5)10-11-21(23)6/h8-11,17,19,22,24-27,35H,1-2,12-16,18H2,3-7H3/t22-,24+,25-,26+,27?,31?/m1/s1. The van der Waals surface area contributed by atoms with Crippen molar-refractivity contribution in [3.8, 4) is 0 Å². The Morgan fingerprint density at radius 2 is 1.90 bits per heavy atom. The van der Waals surface area contributed by atoms with Crippen LogP contribution in [0.25, 0.3) is 0 Å². The van der Waals surface area contributed by atoms with Crippen LogP contribution in [-0.4, -0.2) is 83.2 Å². The van der Waals surface area contributed by atoms with E-state index in [1.54, 1.807) is 33.9 Å². The molecule has 212 valence electrons. The molecule has 4 rings (SSSR count). The molecule has 1 N–H and O–H groups in total. The molecule has 0 radical (unpaired) electrons. The highest BCUT2D eigenvalue weighted by Gasteiger charge is 2.75. The number of ether oxygens (including phenoxy) is 1. The lowest BCUT2D eigenvalue weighted by Crippen LogP contribution is -2.59. The van der Waals surface area contributed by atoms with Crippen LogP contribution in [0.2, 0.25) is 0 Å². The van der Waals surface area contributed by atoms with E-state index in [1.165, 1.54) is 0 Å². The fraction of sp³-hybridized carbons (Fsp3) is 0.581. The van der Waals surface area contributed by atoms with Crippen LogP contribution in [0.5, 0.6) is 0 Å². The van der Waals surface area contributed by atoms with Crippen LogP contribution in [0, 0.1) is 31.6 Å². The van der Waals surface area contributed by atoms with E-state index in [2.05, 4.69) is 13.2 Å². The van der Waals surface area contributed by atoms with E-state index in [-0.39, 0.29) is 36.8 Å². The molecule has 2 unspecified atom stereocenters. The molecule has 3 aliphatic heterocycles. The Balaban J connectivity index is 1.85. The van der Waals surface area contributed by atoms with Gasteiger partial charge in [-0.2, -0.15) is 0 Å². The van der Waals surface area contributed by atoms with Crippen LogP contribution in [-0.2, 0) is 19.1 Å². The Morgan fingerprint density at radius 1 is 1.21 bits per heavy atom. The first-order valence-corrected chi connectivity index (χ1v) is 14.0. The second-order valence-electron chi connectivity index (χ2n) is 11.8. The van der Waals surface area contributed by atoms with E-state index in [0.717, 1.165) is 16.8 Å². The second kappa shape index (κ2) is 11.3. The van der Waals surface area contributed by atoms with Gasteiger partial charge in [0.25, 0.3) is 5.91 Å². The fourth-order valence-electron chi connectivity index (χ4n) is 7.00. The van der Waals surface area contributed by atoms with Gasteiger partial charge in [0, 0.05) is 25.8 Å². The van der Waals surface area contributed by atoms with Crippen molar-refractivity contribution in [1.29, 1.82) is 0 Å². The lowest BCUT2D eigenvalue weighted by Gasteiger charge is -2.40. The monoisotopic (exact) mass is 537 g/mol. The summed E-state index contributed by atoms with van der Waals surface area (Å²) in [7, 11) is 1.70. The molecule has 1 spiro atoms. The maximum Gasteiger partial charge on any atom is 0.253 e. The van der Waals surface area contributed by atoms with Crippen LogP contribution >= 0.6 is 0 Å². The molecule has 0 saturated carbocycles. The van der Waals surface area contributed by atoms with E-state index >= 15 is 0 Å². The van der Waals surface area contributed by atoms with Gasteiger partial charge in [-0.1, -0.05) is 38.1 Å². The summed E-state index contributed by atoms with van der Waals surface area (Å²) in [6, 6.07) is 4.41. The molecule has 1 aromatic carbocycles. The van der Waals surface area contributed by atoms with Crippen molar-refractivity contribution in [1.82, 2.24) is 9.80 Å². The summed E-state index contributed by atoms with van der Waals surface area (Å²) in [5.41, 5.74) is 1.56. The molecule has 2 bridgehead atoms. The number of anilines is 1.